The summed E-state index contributed by atoms with van der Waals surface area (Å²) in [7, 11) is 0. The maximum absolute atomic E-state index is 12.8. The third-order valence-electron chi connectivity index (χ3n) is 5.90. The summed E-state index contributed by atoms with van der Waals surface area (Å²) in [5.74, 6) is -0.539. The Labute approximate surface area is 196 Å². The molecule has 164 valence electrons. The fraction of sp³-hybridized carbons (Fsp3) is 0.115. The van der Waals surface area contributed by atoms with Crippen molar-refractivity contribution in [1.29, 1.82) is 0 Å². The zero-order valence-corrected chi connectivity index (χ0v) is 18.9. The molecule has 1 aromatic heterocycles. The Hall–Kier alpha value is -3.90. The number of aromatic nitrogens is 1. The van der Waals surface area contributed by atoms with E-state index in [0.717, 1.165) is 39.1 Å². The number of hydrogen-bond acceptors (Lipinski definition) is 3. The van der Waals surface area contributed by atoms with E-state index in [1.807, 2.05) is 74.5 Å². The zero-order valence-electron chi connectivity index (χ0n) is 18.2. The van der Waals surface area contributed by atoms with E-state index < -0.39 is 0 Å². The number of amides is 2. The van der Waals surface area contributed by atoms with Crippen LogP contribution in [-0.4, -0.2) is 29.1 Å². The molecule has 4 aromatic rings. The van der Waals surface area contributed by atoms with Crippen molar-refractivity contribution in [2.24, 2.45) is 5.10 Å². The molecule has 0 aliphatic carbocycles. The van der Waals surface area contributed by atoms with Gasteiger partial charge in [-0.25, -0.2) is 5.43 Å². The quantitative estimate of drug-likeness (QED) is 0.339. The van der Waals surface area contributed by atoms with Crippen molar-refractivity contribution < 1.29 is 9.59 Å². The summed E-state index contributed by atoms with van der Waals surface area (Å²) in [6, 6.07) is 20.9. The van der Waals surface area contributed by atoms with Crippen LogP contribution >= 0.6 is 11.6 Å². The average molecular weight is 457 g/mol. The maximum atomic E-state index is 12.8. The topological polar surface area (TPSA) is 66.7 Å². The first-order valence-electron chi connectivity index (χ1n) is 10.5. The second kappa shape index (κ2) is 8.22. The van der Waals surface area contributed by atoms with Crippen LogP contribution in [0.2, 0.25) is 5.02 Å². The molecular formula is C26H21ClN4O2. The molecule has 0 saturated carbocycles. The Morgan fingerprint density at radius 3 is 2.55 bits per heavy atom. The van der Waals surface area contributed by atoms with Crippen LogP contribution in [0.1, 0.15) is 27.3 Å². The third kappa shape index (κ3) is 3.68. The molecule has 0 bridgehead atoms. The van der Waals surface area contributed by atoms with Gasteiger partial charge in [-0.2, -0.15) is 5.10 Å². The molecule has 1 aliphatic rings. The van der Waals surface area contributed by atoms with E-state index in [1.54, 1.807) is 12.3 Å². The Kier molecular flexibility index (Phi) is 5.23. The first-order chi connectivity index (χ1) is 15.9. The maximum Gasteiger partial charge on any atom is 0.260 e. The highest BCUT2D eigenvalue weighted by Gasteiger charge is 2.30. The molecule has 0 radical (unpaired) electrons. The molecule has 0 atom stereocenters. The summed E-state index contributed by atoms with van der Waals surface area (Å²) in [5, 5.41) is 6.68. The van der Waals surface area contributed by atoms with E-state index in [9.17, 15) is 9.59 Å². The summed E-state index contributed by atoms with van der Waals surface area (Å²) >= 11 is 6.01. The van der Waals surface area contributed by atoms with Crippen LogP contribution in [0.25, 0.3) is 16.5 Å². The van der Waals surface area contributed by atoms with E-state index in [2.05, 4.69) is 15.1 Å². The number of anilines is 1. The monoisotopic (exact) mass is 456 g/mol. The lowest BCUT2D eigenvalue weighted by molar-refractivity contribution is -0.119. The minimum absolute atomic E-state index is 0.103. The number of halogens is 1. The van der Waals surface area contributed by atoms with Gasteiger partial charge in [0.15, 0.2) is 0 Å². The highest BCUT2D eigenvalue weighted by atomic mass is 35.5. The first kappa shape index (κ1) is 21.0. The normalized spacial score (nSPS) is 12.8. The molecule has 5 rings (SSSR count). The Morgan fingerprint density at radius 2 is 1.79 bits per heavy atom. The summed E-state index contributed by atoms with van der Waals surface area (Å²) in [6.07, 6.45) is 1.62. The Morgan fingerprint density at radius 1 is 1.06 bits per heavy atom. The standard InChI is InChI=1S/C26H21ClN4O2/c1-16-13-19(17(2)31(16)21-11-9-20(27)10-12-21)14-28-29-24(32)15-30-23-8-4-6-18-5-3-7-22(25(18)23)26(30)33/h3-14H,15H2,1-2H3,(H,29,32)/b28-14-. The molecule has 0 fully saturated rings. The molecule has 0 saturated heterocycles. The van der Waals surface area contributed by atoms with E-state index in [0.29, 0.717) is 10.6 Å². The SMILES string of the molecule is Cc1cc(/C=N\NC(=O)CN2C(=O)c3cccc4cccc2c34)c(C)n1-c1ccc(Cl)cc1. The molecule has 6 nitrogen and oxygen atoms in total. The van der Waals surface area contributed by atoms with Crippen molar-refractivity contribution in [3.8, 4) is 5.69 Å². The van der Waals surface area contributed by atoms with Crippen molar-refractivity contribution in [1.82, 2.24) is 9.99 Å². The average Bonchev–Trinajstić information content (AvgIpc) is 3.24. The molecule has 7 heteroatoms. The number of benzene rings is 3. The van der Waals surface area contributed by atoms with Crippen molar-refractivity contribution in [3.63, 3.8) is 0 Å². The van der Waals surface area contributed by atoms with Crippen molar-refractivity contribution in [2.75, 3.05) is 11.4 Å². The van der Waals surface area contributed by atoms with E-state index in [1.165, 1.54) is 4.90 Å². The predicted molar refractivity (Wildman–Crippen MR) is 132 cm³/mol. The number of nitrogens with one attached hydrogen (secondary N) is 1. The van der Waals surface area contributed by atoms with Crippen molar-refractivity contribution in [3.05, 3.63) is 94.3 Å². The number of hydrogen-bond donors (Lipinski definition) is 1. The number of hydrazone groups is 1. The molecule has 2 amide bonds. The smallest absolute Gasteiger partial charge is 0.260 e. The van der Waals surface area contributed by atoms with Crippen LogP contribution in [0, 0.1) is 13.8 Å². The van der Waals surface area contributed by atoms with Crippen LogP contribution in [0.15, 0.2) is 71.8 Å². The van der Waals surface area contributed by atoms with Crippen LogP contribution in [0.5, 0.6) is 0 Å². The van der Waals surface area contributed by atoms with Crippen LogP contribution in [0.3, 0.4) is 0 Å². The minimum Gasteiger partial charge on any atom is -0.318 e. The van der Waals surface area contributed by atoms with E-state index in [4.69, 9.17) is 11.6 Å². The van der Waals surface area contributed by atoms with Gasteiger partial charge in [-0.1, -0.05) is 35.9 Å². The molecule has 0 unspecified atom stereocenters. The van der Waals surface area contributed by atoms with Gasteiger partial charge in [0.05, 0.1) is 11.9 Å². The molecule has 3 aromatic carbocycles. The van der Waals surface area contributed by atoms with Gasteiger partial charge in [0.1, 0.15) is 6.54 Å². The molecule has 1 aliphatic heterocycles. The van der Waals surface area contributed by atoms with Crippen LogP contribution in [-0.2, 0) is 4.79 Å². The number of nitrogens with zero attached hydrogens (tertiary/aromatic N) is 3. The van der Waals surface area contributed by atoms with Crippen LogP contribution in [0.4, 0.5) is 5.69 Å². The van der Waals surface area contributed by atoms with E-state index in [-0.39, 0.29) is 18.4 Å². The number of rotatable bonds is 5. The summed E-state index contributed by atoms with van der Waals surface area (Å²) < 4.78 is 2.10. The highest BCUT2D eigenvalue weighted by Crippen LogP contribution is 2.36. The summed E-state index contributed by atoms with van der Waals surface area (Å²) in [5.41, 5.74) is 7.83. The third-order valence-corrected chi connectivity index (χ3v) is 6.15. The summed E-state index contributed by atoms with van der Waals surface area (Å²) in [4.78, 5) is 26.9. The lowest BCUT2D eigenvalue weighted by Gasteiger charge is -2.16. The molecular weight excluding hydrogens is 436 g/mol. The Balaban J connectivity index is 1.30. The van der Waals surface area contributed by atoms with Crippen molar-refractivity contribution in [2.45, 2.75) is 13.8 Å². The van der Waals surface area contributed by atoms with Gasteiger partial charge >= 0.3 is 0 Å². The first-order valence-corrected chi connectivity index (χ1v) is 10.9. The lowest BCUT2D eigenvalue weighted by atomic mass is 10.1. The number of aryl methyl sites for hydroxylation is 1. The zero-order chi connectivity index (χ0) is 23.1. The van der Waals surface area contributed by atoms with Crippen LogP contribution < -0.4 is 10.3 Å². The van der Waals surface area contributed by atoms with Gasteiger partial charge in [0.2, 0.25) is 0 Å². The predicted octanol–water partition coefficient (Wildman–Crippen LogP) is 5.01. The van der Waals surface area contributed by atoms with Gasteiger partial charge in [0.25, 0.3) is 11.8 Å². The van der Waals surface area contributed by atoms with Gasteiger partial charge in [-0.15, -0.1) is 0 Å². The largest absolute Gasteiger partial charge is 0.318 e. The number of carbonyl (C=O) groups excluding carboxylic acids is 2. The summed E-state index contributed by atoms with van der Waals surface area (Å²) in [6.45, 7) is 3.90. The molecule has 33 heavy (non-hydrogen) atoms. The molecule has 2 heterocycles. The molecule has 0 spiro atoms. The highest BCUT2D eigenvalue weighted by molar-refractivity contribution is 6.30. The van der Waals surface area contributed by atoms with Gasteiger partial charge in [-0.3, -0.25) is 14.5 Å². The molecule has 1 N–H and O–H groups in total. The van der Waals surface area contributed by atoms with Gasteiger partial charge < -0.3 is 4.57 Å². The second-order valence-corrected chi connectivity index (χ2v) is 8.44. The van der Waals surface area contributed by atoms with E-state index >= 15 is 0 Å². The Bertz CT molecular complexity index is 1430. The fourth-order valence-corrected chi connectivity index (χ4v) is 4.52. The van der Waals surface area contributed by atoms with Gasteiger partial charge in [-0.05, 0) is 61.7 Å². The fourth-order valence-electron chi connectivity index (χ4n) is 4.39. The lowest BCUT2D eigenvalue weighted by Crippen LogP contribution is -2.37. The minimum atomic E-state index is -0.365. The van der Waals surface area contributed by atoms with Crippen molar-refractivity contribution >= 4 is 46.1 Å². The van der Waals surface area contributed by atoms with Gasteiger partial charge in [0, 0.05) is 38.6 Å². The number of carbonyl (C=O) groups is 2. The second-order valence-electron chi connectivity index (χ2n) is 8.00.